The number of halogens is 4. The van der Waals surface area contributed by atoms with Gasteiger partial charge in [0.2, 0.25) is 5.95 Å². The maximum Gasteiger partial charge on any atom is 0.408 e. The Hall–Kier alpha value is -3.84. The van der Waals surface area contributed by atoms with E-state index < -0.39 is 29.7 Å². The minimum atomic E-state index is -4.71. The molecular weight excluding hydrogens is 494 g/mol. The zero-order valence-corrected chi connectivity index (χ0v) is 19.9. The molecule has 4 aromatic rings. The first kappa shape index (κ1) is 24.8. The molecule has 3 aromatic heterocycles. The normalized spacial score (nSPS) is 14.1. The van der Waals surface area contributed by atoms with Gasteiger partial charge in [-0.05, 0) is 62.2 Å². The van der Waals surface area contributed by atoms with Gasteiger partial charge in [-0.15, -0.1) is 0 Å². The molecule has 1 aliphatic heterocycles. The van der Waals surface area contributed by atoms with Crippen LogP contribution in [0.5, 0.6) is 0 Å². The number of aliphatic hydroxyl groups is 1. The molecule has 1 aliphatic rings. The van der Waals surface area contributed by atoms with Gasteiger partial charge in [0.25, 0.3) is 5.56 Å². The van der Waals surface area contributed by atoms with Crippen LogP contribution in [0.4, 0.5) is 29.2 Å². The smallest absolute Gasteiger partial charge is 0.384 e. The molecule has 5 rings (SSSR count). The molecule has 0 unspecified atom stereocenters. The van der Waals surface area contributed by atoms with Gasteiger partial charge >= 0.3 is 6.18 Å². The van der Waals surface area contributed by atoms with Crippen LogP contribution in [0.3, 0.4) is 0 Å². The number of hydrogen-bond donors (Lipinski definition) is 3. The van der Waals surface area contributed by atoms with Crippen molar-refractivity contribution in [2.24, 2.45) is 0 Å². The number of alkyl halides is 3. The first-order chi connectivity index (χ1) is 17.4. The summed E-state index contributed by atoms with van der Waals surface area (Å²) >= 11 is 0. The molecule has 0 saturated heterocycles. The molecule has 9 nitrogen and oxygen atoms in total. The number of anilines is 2. The van der Waals surface area contributed by atoms with Crippen LogP contribution in [0.25, 0.3) is 16.7 Å². The summed E-state index contributed by atoms with van der Waals surface area (Å²) < 4.78 is 56.6. The van der Waals surface area contributed by atoms with E-state index in [-0.39, 0.29) is 34.1 Å². The summed E-state index contributed by atoms with van der Waals surface area (Å²) in [5.74, 6) is -0.642. The standard InChI is InChI=1S/C24H23F4N7O2/c1-23(2,37)19-9-15(4-6-30-19)35-20-16(21(36)34(35)12-24(26,27)28)11-31-22(33-20)32-18-8-13-3-5-29-10-14(13)7-17(18)25/h4,6-9,11,29,37H,3,5,10,12H2,1-2H3,(H,31,32,33). The Morgan fingerprint density at radius 3 is 2.68 bits per heavy atom. The van der Waals surface area contributed by atoms with Crippen molar-refractivity contribution in [1.29, 1.82) is 0 Å². The molecule has 0 atom stereocenters. The molecule has 0 fully saturated rings. The van der Waals surface area contributed by atoms with E-state index in [9.17, 15) is 27.5 Å². The van der Waals surface area contributed by atoms with Crippen LogP contribution < -0.4 is 16.2 Å². The molecular formula is C24H23F4N7O2. The fraction of sp³-hybridized carbons (Fsp3) is 0.333. The lowest BCUT2D eigenvalue weighted by Gasteiger charge is -2.19. The number of rotatable bonds is 5. The zero-order chi connectivity index (χ0) is 26.5. The number of nitrogens with one attached hydrogen (secondary N) is 2. The first-order valence-corrected chi connectivity index (χ1v) is 11.4. The van der Waals surface area contributed by atoms with Crippen molar-refractivity contribution in [2.45, 2.75) is 45.1 Å². The fourth-order valence-electron chi connectivity index (χ4n) is 4.27. The van der Waals surface area contributed by atoms with Crippen LogP contribution in [0.15, 0.2) is 41.5 Å². The summed E-state index contributed by atoms with van der Waals surface area (Å²) in [7, 11) is 0. The van der Waals surface area contributed by atoms with E-state index in [1.165, 1.54) is 38.2 Å². The van der Waals surface area contributed by atoms with Gasteiger partial charge in [0.15, 0.2) is 5.65 Å². The highest BCUT2D eigenvalue weighted by atomic mass is 19.4. The molecule has 37 heavy (non-hydrogen) atoms. The van der Waals surface area contributed by atoms with Crippen molar-refractivity contribution in [2.75, 3.05) is 11.9 Å². The van der Waals surface area contributed by atoms with Crippen LogP contribution in [-0.4, -0.2) is 42.1 Å². The van der Waals surface area contributed by atoms with Crippen molar-refractivity contribution < 1.29 is 22.7 Å². The maximum absolute atomic E-state index is 14.8. The summed E-state index contributed by atoms with van der Waals surface area (Å²) in [6, 6.07) is 5.83. The summed E-state index contributed by atoms with van der Waals surface area (Å²) in [5, 5.41) is 16.2. The molecule has 0 aliphatic carbocycles. The number of aromatic nitrogens is 5. The van der Waals surface area contributed by atoms with Gasteiger partial charge in [-0.25, -0.2) is 18.7 Å². The molecule has 0 amide bonds. The Bertz CT molecular complexity index is 1550. The summed E-state index contributed by atoms with van der Waals surface area (Å²) in [4.78, 5) is 25.4. The second-order valence-corrected chi connectivity index (χ2v) is 9.33. The highest BCUT2D eigenvalue weighted by Crippen LogP contribution is 2.27. The van der Waals surface area contributed by atoms with Crippen molar-refractivity contribution >= 4 is 22.7 Å². The summed E-state index contributed by atoms with van der Waals surface area (Å²) in [5.41, 5.74) is -0.268. The summed E-state index contributed by atoms with van der Waals surface area (Å²) in [6.45, 7) is 2.66. The second kappa shape index (κ2) is 8.92. The van der Waals surface area contributed by atoms with Crippen LogP contribution in [-0.2, 0) is 25.1 Å². The molecule has 4 heterocycles. The van der Waals surface area contributed by atoms with Crippen molar-refractivity contribution in [3.63, 3.8) is 0 Å². The lowest BCUT2D eigenvalue weighted by atomic mass is 10.00. The maximum atomic E-state index is 14.8. The van der Waals surface area contributed by atoms with Gasteiger partial charge in [0.1, 0.15) is 23.3 Å². The highest BCUT2D eigenvalue weighted by Gasteiger charge is 2.32. The zero-order valence-electron chi connectivity index (χ0n) is 19.9. The van der Waals surface area contributed by atoms with Crippen LogP contribution in [0.2, 0.25) is 0 Å². The quantitative estimate of drug-likeness (QED) is 0.349. The molecule has 0 saturated carbocycles. The van der Waals surface area contributed by atoms with Gasteiger partial charge in [-0.1, -0.05) is 0 Å². The van der Waals surface area contributed by atoms with Gasteiger partial charge in [0.05, 0.1) is 17.1 Å². The fourth-order valence-corrected chi connectivity index (χ4v) is 4.27. The minimum Gasteiger partial charge on any atom is -0.384 e. The average molecular weight is 517 g/mol. The lowest BCUT2D eigenvalue weighted by molar-refractivity contribution is -0.144. The number of benzene rings is 1. The third-order valence-electron chi connectivity index (χ3n) is 6.04. The number of fused-ring (bicyclic) bond motifs is 2. The third kappa shape index (κ3) is 4.91. The molecule has 1 aromatic carbocycles. The van der Waals surface area contributed by atoms with Crippen molar-refractivity contribution in [3.05, 3.63) is 69.7 Å². The van der Waals surface area contributed by atoms with Crippen molar-refractivity contribution in [1.82, 2.24) is 29.6 Å². The first-order valence-electron chi connectivity index (χ1n) is 11.4. The van der Waals surface area contributed by atoms with E-state index in [4.69, 9.17) is 0 Å². The Morgan fingerprint density at radius 1 is 1.16 bits per heavy atom. The van der Waals surface area contributed by atoms with Crippen LogP contribution in [0, 0.1) is 5.82 Å². The van der Waals surface area contributed by atoms with E-state index in [0.717, 1.165) is 28.6 Å². The van der Waals surface area contributed by atoms with Crippen LogP contribution in [0.1, 0.15) is 30.7 Å². The van der Waals surface area contributed by atoms with E-state index in [1.54, 1.807) is 6.07 Å². The average Bonchev–Trinajstić information content (AvgIpc) is 3.08. The lowest BCUT2D eigenvalue weighted by Crippen LogP contribution is -2.30. The van der Waals surface area contributed by atoms with Gasteiger partial charge in [-0.2, -0.15) is 18.2 Å². The van der Waals surface area contributed by atoms with Gasteiger partial charge < -0.3 is 15.7 Å². The molecule has 0 radical (unpaired) electrons. The molecule has 0 spiro atoms. The van der Waals surface area contributed by atoms with Crippen molar-refractivity contribution in [3.8, 4) is 5.69 Å². The Kier molecular flexibility index (Phi) is 5.99. The van der Waals surface area contributed by atoms with E-state index >= 15 is 0 Å². The van der Waals surface area contributed by atoms with E-state index in [0.29, 0.717) is 17.6 Å². The summed E-state index contributed by atoms with van der Waals surface area (Å²) in [6.07, 6.45) is -1.59. The van der Waals surface area contributed by atoms with E-state index in [1.807, 2.05) is 0 Å². The predicted molar refractivity (Wildman–Crippen MR) is 127 cm³/mol. The van der Waals surface area contributed by atoms with Gasteiger partial charge in [-0.3, -0.25) is 9.78 Å². The topological polar surface area (TPSA) is 110 Å². The van der Waals surface area contributed by atoms with E-state index in [2.05, 4.69) is 25.6 Å². The number of hydrogen-bond acceptors (Lipinski definition) is 7. The monoisotopic (exact) mass is 517 g/mol. The highest BCUT2D eigenvalue weighted by molar-refractivity contribution is 5.77. The van der Waals surface area contributed by atoms with Crippen LogP contribution >= 0.6 is 0 Å². The Morgan fingerprint density at radius 2 is 1.95 bits per heavy atom. The minimum absolute atomic E-state index is 0.102. The van der Waals surface area contributed by atoms with Gasteiger partial charge in [0, 0.05) is 18.9 Å². The Balaban J connectivity index is 1.66. The Labute approximate surface area is 207 Å². The predicted octanol–water partition coefficient (Wildman–Crippen LogP) is 3.30. The molecule has 13 heteroatoms. The third-order valence-corrected chi connectivity index (χ3v) is 6.04. The number of nitrogens with zero attached hydrogens (tertiary/aromatic N) is 5. The molecule has 194 valence electrons. The molecule has 0 bridgehead atoms. The number of pyridine rings is 1. The second-order valence-electron chi connectivity index (χ2n) is 9.33. The largest absolute Gasteiger partial charge is 0.408 e. The SMILES string of the molecule is CC(C)(O)c1cc(-n2c3nc(Nc4cc5c(cc4F)CNCC5)ncc3c(=O)n2CC(F)(F)F)ccn1. The molecule has 3 N–H and O–H groups in total.